The molecule has 0 saturated heterocycles. The maximum atomic E-state index is 12.5. The molecule has 0 atom stereocenters. The first-order valence-electron chi connectivity index (χ1n) is 8.27. The third-order valence-corrected chi connectivity index (χ3v) is 4.45. The molecule has 0 N–H and O–H groups in total. The van der Waals surface area contributed by atoms with Gasteiger partial charge in [-0.15, -0.1) is 0 Å². The predicted molar refractivity (Wildman–Crippen MR) is 97.9 cm³/mol. The second kappa shape index (κ2) is 6.48. The Balaban J connectivity index is 1.62. The summed E-state index contributed by atoms with van der Waals surface area (Å²) >= 11 is 0. The fourth-order valence-electron chi connectivity index (χ4n) is 3.15. The minimum Gasteiger partial charge on any atom is -0.465 e. The van der Waals surface area contributed by atoms with E-state index < -0.39 is 5.97 Å². The van der Waals surface area contributed by atoms with Crippen molar-refractivity contribution in [1.82, 2.24) is 0 Å². The van der Waals surface area contributed by atoms with E-state index in [1.165, 1.54) is 7.11 Å². The Hall–Kier alpha value is -3.40. The molecular weight excluding hydrogens is 328 g/mol. The van der Waals surface area contributed by atoms with Gasteiger partial charge >= 0.3 is 5.97 Å². The van der Waals surface area contributed by atoms with Crippen LogP contribution in [0.5, 0.6) is 0 Å². The summed E-state index contributed by atoms with van der Waals surface area (Å²) in [6, 6.07) is 18.3. The van der Waals surface area contributed by atoms with E-state index in [1.54, 1.807) is 24.3 Å². The molecule has 0 amide bonds. The molecule has 0 spiro atoms. The number of carbonyl (C=O) groups excluding carboxylic acids is 2. The molecule has 4 heteroatoms. The normalized spacial score (nSPS) is 14.5. The Labute approximate surface area is 150 Å². The summed E-state index contributed by atoms with van der Waals surface area (Å²) in [7, 11) is 1.35. The number of rotatable bonds is 3. The van der Waals surface area contributed by atoms with E-state index in [2.05, 4.69) is 0 Å². The highest BCUT2D eigenvalue weighted by molar-refractivity contribution is 6.15. The molecule has 0 fully saturated rings. The minimum absolute atomic E-state index is 0.0474. The number of allylic oxidation sites excluding steroid dienone is 1. The Morgan fingerprint density at radius 2 is 1.92 bits per heavy atom. The summed E-state index contributed by atoms with van der Waals surface area (Å²) in [5.74, 6) is 0.895. The van der Waals surface area contributed by atoms with E-state index in [0.29, 0.717) is 23.5 Å². The third-order valence-electron chi connectivity index (χ3n) is 4.45. The van der Waals surface area contributed by atoms with Crippen molar-refractivity contribution in [2.75, 3.05) is 7.11 Å². The van der Waals surface area contributed by atoms with Crippen LogP contribution in [0.1, 0.15) is 32.0 Å². The zero-order chi connectivity index (χ0) is 18.1. The van der Waals surface area contributed by atoms with Gasteiger partial charge in [-0.25, -0.2) is 4.79 Å². The molecule has 0 radical (unpaired) electrons. The lowest BCUT2D eigenvalue weighted by Gasteiger charge is -2.01. The molecule has 0 bridgehead atoms. The standard InChI is InChI=1S/C22H16O4/c1-25-22(24)16-7-4-6-15(12-16)20-10-9-18(26-20)13-17-11-14-5-2-3-8-19(14)21(17)23/h2-10,12-13H,11H2,1H3. The fraction of sp³-hybridized carbons (Fsp3) is 0.0909. The number of ketones is 1. The van der Waals surface area contributed by atoms with E-state index in [4.69, 9.17) is 9.15 Å². The van der Waals surface area contributed by atoms with E-state index in [1.807, 2.05) is 42.5 Å². The van der Waals surface area contributed by atoms with Crippen LogP contribution in [0.3, 0.4) is 0 Å². The lowest BCUT2D eigenvalue weighted by Crippen LogP contribution is -2.00. The number of Topliss-reactive ketones (excluding diaryl/α,β-unsaturated/α-hetero) is 1. The molecule has 1 aromatic heterocycles. The molecule has 0 unspecified atom stereocenters. The second-order valence-electron chi connectivity index (χ2n) is 6.11. The zero-order valence-corrected chi connectivity index (χ0v) is 14.2. The molecule has 1 heterocycles. The van der Waals surface area contributed by atoms with Crippen molar-refractivity contribution in [1.29, 1.82) is 0 Å². The average molecular weight is 344 g/mol. The van der Waals surface area contributed by atoms with E-state index in [0.717, 1.165) is 22.3 Å². The molecule has 2 aromatic carbocycles. The van der Waals surface area contributed by atoms with Crippen LogP contribution in [0, 0.1) is 0 Å². The minimum atomic E-state index is -0.393. The Bertz CT molecular complexity index is 1040. The smallest absolute Gasteiger partial charge is 0.337 e. The van der Waals surface area contributed by atoms with Crippen molar-refractivity contribution in [3.63, 3.8) is 0 Å². The molecule has 4 rings (SSSR count). The highest BCUT2D eigenvalue weighted by Crippen LogP contribution is 2.29. The maximum Gasteiger partial charge on any atom is 0.337 e. The Kier molecular flexibility index (Phi) is 4.01. The molecule has 128 valence electrons. The highest BCUT2D eigenvalue weighted by atomic mass is 16.5. The number of esters is 1. The monoisotopic (exact) mass is 344 g/mol. The van der Waals surface area contributed by atoms with Crippen molar-refractivity contribution < 1.29 is 18.7 Å². The van der Waals surface area contributed by atoms with Crippen molar-refractivity contribution in [2.24, 2.45) is 0 Å². The van der Waals surface area contributed by atoms with Crippen molar-refractivity contribution in [3.05, 3.63) is 88.7 Å². The SMILES string of the molecule is COC(=O)c1cccc(-c2ccc(C=C3Cc4ccccc4C3=O)o2)c1. The summed E-state index contributed by atoms with van der Waals surface area (Å²) in [6.07, 6.45) is 2.40. The van der Waals surface area contributed by atoms with Gasteiger partial charge in [-0.05, 0) is 35.9 Å². The second-order valence-corrected chi connectivity index (χ2v) is 6.11. The van der Waals surface area contributed by atoms with Crippen LogP contribution >= 0.6 is 0 Å². The summed E-state index contributed by atoms with van der Waals surface area (Å²) in [4.78, 5) is 24.1. The van der Waals surface area contributed by atoms with Crippen LogP contribution in [0.25, 0.3) is 17.4 Å². The number of furan rings is 1. The van der Waals surface area contributed by atoms with Crippen LogP contribution in [0.15, 0.2) is 70.7 Å². The van der Waals surface area contributed by atoms with Crippen molar-refractivity contribution in [3.8, 4) is 11.3 Å². The van der Waals surface area contributed by atoms with Gasteiger partial charge in [0.15, 0.2) is 5.78 Å². The third kappa shape index (κ3) is 2.86. The molecule has 3 aromatic rings. The quantitative estimate of drug-likeness (QED) is 0.516. The van der Waals surface area contributed by atoms with Gasteiger partial charge in [0.05, 0.1) is 12.7 Å². The fourth-order valence-corrected chi connectivity index (χ4v) is 3.15. The molecule has 4 nitrogen and oxygen atoms in total. The number of benzene rings is 2. The average Bonchev–Trinajstić information content (AvgIpc) is 3.27. The molecule has 1 aliphatic carbocycles. The lowest BCUT2D eigenvalue weighted by molar-refractivity contribution is 0.0600. The molecule has 1 aliphatic rings. The number of hydrogen-bond acceptors (Lipinski definition) is 4. The number of carbonyl (C=O) groups is 2. The first-order chi connectivity index (χ1) is 12.7. The van der Waals surface area contributed by atoms with Crippen LogP contribution < -0.4 is 0 Å². The maximum absolute atomic E-state index is 12.5. The highest BCUT2D eigenvalue weighted by Gasteiger charge is 2.24. The Morgan fingerprint density at radius 3 is 2.73 bits per heavy atom. The van der Waals surface area contributed by atoms with Crippen LogP contribution in [0.4, 0.5) is 0 Å². The van der Waals surface area contributed by atoms with Gasteiger partial charge < -0.3 is 9.15 Å². The van der Waals surface area contributed by atoms with Gasteiger partial charge in [-0.2, -0.15) is 0 Å². The number of hydrogen-bond donors (Lipinski definition) is 0. The topological polar surface area (TPSA) is 56.5 Å². The molecule has 26 heavy (non-hydrogen) atoms. The van der Waals surface area contributed by atoms with Gasteiger partial charge in [-0.3, -0.25) is 4.79 Å². The first kappa shape index (κ1) is 16.1. The van der Waals surface area contributed by atoms with Crippen molar-refractivity contribution >= 4 is 17.8 Å². The summed E-state index contributed by atoms with van der Waals surface area (Å²) < 4.78 is 10.6. The van der Waals surface area contributed by atoms with Crippen molar-refractivity contribution in [2.45, 2.75) is 6.42 Å². The van der Waals surface area contributed by atoms with E-state index in [9.17, 15) is 9.59 Å². The first-order valence-corrected chi connectivity index (χ1v) is 8.27. The Morgan fingerprint density at radius 1 is 1.08 bits per heavy atom. The number of ether oxygens (including phenoxy) is 1. The van der Waals surface area contributed by atoms with E-state index in [-0.39, 0.29) is 5.78 Å². The van der Waals surface area contributed by atoms with E-state index >= 15 is 0 Å². The summed E-state index contributed by atoms with van der Waals surface area (Å²) in [5, 5.41) is 0. The van der Waals surface area contributed by atoms with Gasteiger partial charge in [0.1, 0.15) is 11.5 Å². The number of fused-ring (bicyclic) bond motifs is 1. The summed E-state index contributed by atoms with van der Waals surface area (Å²) in [5.41, 5.74) is 3.76. The molecular formula is C22H16O4. The largest absolute Gasteiger partial charge is 0.465 e. The number of methoxy groups -OCH3 is 1. The molecule has 0 saturated carbocycles. The lowest BCUT2D eigenvalue weighted by atomic mass is 10.1. The predicted octanol–water partition coefficient (Wildman–Crippen LogP) is 4.56. The zero-order valence-electron chi connectivity index (χ0n) is 14.2. The van der Waals surface area contributed by atoms with Crippen LogP contribution in [-0.2, 0) is 11.2 Å². The van der Waals surface area contributed by atoms with Gasteiger partial charge in [0.25, 0.3) is 0 Å². The van der Waals surface area contributed by atoms with Gasteiger partial charge in [0, 0.05) is 23.1 Å². The summed E-state index contributed by atoms with van der Waals surface area (Å²) in [6.45, 7) is 0. The van der Waals surface area contributed by atoms with Crippen LogP contribution in [0.2, 0.25) is 0 Å². The van der Waals surface area contributed by atoms with Gasteiger partial charge in [0.2, 0.25) is 0 Å². The molecule has 0 aliphatic heterocycles. The van der Waals surface area contributed by atoms with Gasteiger partial charge in [-0.1, -0.05) is 36.4 Å². The van der Waals surface area contributed by atoms with Crippen LogP contribution in [-0.4, -0.2) is 18.9 Å².